The van der Waals surface area contributed by atoms with E-state index in [9.17, 15) is 9.59 Å². The maximum absolute atomic E-state index is 12.6. The first kappa shape index (κ1) is 17.9. The third-order valence-electron chi connectivity index (χ3n) is 3.87. The smallest absolute Gasteiger partial charge is 0.239 e. The predicted octanol–water partition coefficient (Wildman–Crippen LogP) is -0.647. The van der Waals surface area contributed by atoms with E-state index >= 15 is 0 Å². The van der Waals surface area contributed by atoms with E-state index in [1.54, 1.807) is 14.2 Å². The third kappa shape index (κ3) is 5.26. The number of ether oxygens (including phenoxy) is 2. The number of likely N-dealkylation sites (N-methyl/N-ethyl adjacent to an activating group) is 1. The van der Waals surface area contributed by atoms with Gasteiger partial charge in [0, 0.05) is 47.1 Å². The molecule has 0 atom stereocenters. The molecule has 1 rings (SSSR count). The van der Waals surface area contributed by atoms with Gasteiger partial charge in [0.05, 0.1) is 12.0 Å². The molecule has 0 radical (unpaired) electrons. The van der Waals surface area contributed by atoms with Crippen LogP contribution >= 0.6 is 0 Å². The Morgan fingerprint density at radius 2 is 2.05 bits per heavy atom. The van der Waals surface area contributed by atoms with Gasteiger partial charge in [-0.25, -0.2) is 0 Å². The van der Waals surface area contributed by atoms with Crippen LogP contribution in [0.25, 0.3) is 0 Å². The summed E-state index contributed by atoms with van der Waals surface area (Å²) >= 11 is 0. The molecule has 1 aliphatic rings. The van der Waals surface area contributed by atoms with Gasteiger partial charge in [0.1, 0.15) is 0 Å². The summed E-state index contributed by atoms with van der Waals surface area (Å²) in [5.41, 5.74) is 5.22. The molecule has 0 spiro atoms. The average Bonchev–Trinajstić information content (AvgIpc) is 2.51. The fraction of sp³-hybridized carbons (Fsp3) is 0.857. The second-order valence-electron chi connectivity index (χ2n) is 5.45. The van der Waals surface area contributed by atoms with Crippen molar-refractivity contribution < 1.29 is 19.1 Å². The van der Waals surface area contributed by atoms with Crippen LogP contribution in [-0.4, -0.2) is 70.3 Å². The van der Waals surface area contributed by atoms with Crippen LogP contribution < -0.4 is 11.1 Å². The minimum Gasteiger partial charge on any atom is -0.385 e. The first-order chi connectivity index (χ1) is 10.1. The molecule has 0 bridgehead atoms. The monoisotopic (exact) mass is 301 g/mol. The highest BCUT2D eigenvalue weighted by molar-refractivity contribution is 5.88. The van der Waals surface area contributed by atoms with Crippen LogP contribution in [0.2, 0.25) is 0 Å². The van der Waals surface area contributed by atoms with Gasteiger partial charge in [0.15, 0.2) is 0 Å². The zero-order valence-corrected chi connectivity index (χ0v) is 13.0. The highest BCUT2D eigenvalue weighted by Gasteiger charge is 2.40. The van der Waals surface area contributed by atoms with Crippen molar-refractivity contribution in [2.24, 2.45) is 11.1 Å². The standard InChI is InChI=1S/C14H27N3O4/c1-17(10-12(18)16-6-3-7-20-2)13(19)14(11-15)4-8-21-9-5-14/h3-11,15H2,1-2H3,(H,16,18). The van der Waals surface area contributed by atoms with Crippen LogP contribution in [0.4, 0.5) is 0 Å². The number of nitrogens with zero attached hydrogens (tertiary/aromatic N) is 1. The Morgan fingerprint density at radius 1 is 1.38 bits per heavy atom. The SMILES string of the molecule is COCCCNC(=O)CN(C)C(=O)C1(CN)CCOCC1. The summed E-state index contributed by atoms with van der Waals surface area (Å²) in [5.74, 6) is -0.235. The van der Waals surface area contributed by atoms with Gasteiger partial charge in [0.2, 0.25) is 11.8 Å². The summed E-state index contributed by atoms with van der Waals surface area (Å²) in [5, 5.41) is 2.77. The number of carbonyl (C=O) groups excluding carboxylic acids is 2. The fourth-order valence-corrected chi connectivity index (χ4v) is 2.46. The molecule has 0 aromatic heterocycles. The van der Waals surface area contributed by atoms with E-state index in [-0.39, 0.29) is 24.9 Å². The van der Waals surface area contributed by atoms with Gasteiger partial charge in [-0.05, 0) is 19.3 Å². The second kappa shape index (κ2) is 8.96. The van der Waals surface area contributed by atoms with Crippen LogP contribution in [0.5, 0.6) is 0 Å². The van der Waals surface area contributed by atoms with Crippen molar-refractivity contribution in [3.05, 3.63) is 0 Å². The molecule has 0 unspecified atom stereocenters. The molecular formula is C14H27N3O4. The molecule has 0 aromatic rings. The van der Waals surface area contributed by atoms with Crippen molar-refractivity contribution >= 4 is 11.8 Å². The number of amides is 2. The van der Waals surface area contributed by atoms with Crippen molar-refractivity contribution in [3.63, 3.8) is 0 Å². The minimum absolute atomic E-state index is 0.0500. The topological polar surface area (TPSA) is 93.9 Å². The van der Waals surface area contributed by atoms with E-state index in [2.05, 4.69) is 5.32 Å². The Labute approximate surface area is 126 Å². The van der Waals surface area contributed by atoms with Crippen LogP contribution in [-0.2, 0) is 19.1 Å². The highest BCUT2D eigenvalue weighted by Crippen LogP contribution is 2.31. The molecule has 7 nitrogen and oxygen atoms in total. The number of methoxy groups -OCH3 is 1. The molecule has 1 fully saturated rings. The molecule has 2 amide bonds. The van der Waals surface area contributed by atoms with Gasteiger partial charge in [-0.2, -0.15) is 0 Å². The summed E-state index contributed by atoms with van der Waals surface area (Å²) in [7, 11) is 3.26. The zero-order chi connectivity index (χ0) is 15.7. The number of rotatable bonds is 8. The van der Waals surface area contributed by atoms with Gasteiger partial charge in [-0.3, -0.25) is 9.59 Å². The number of carbonyl (C=O) groups is 2. The van der Waals surface area contributed by atoms with Crippen LogP contribution in [0.1, 0.15) is 19.3 Å². The predicted molar refractivity (Wildman–Crippen MR) is 78.7 cm³/mol. The van der Waals surface area contributed by atoms with Gasteiger partial charge < -0.3 is 25.4 Å². The maximum Gasteiger partial charge on any atom is 0.239 e. The number of hydrogen-bond acceptors (Lipinski definition) is 5. The zero-order valence-electron chi connectivity index (χ0n) is 13.0. The van der Waals surface area contributed by atoms with Gasteiger partial charge in [-0.15, -0.1) is 0 Å². The normalized spacial score (nSPS) is 17.3. The van der Waals surface area contributed by atoms with E-state index in [0.717, 1.165) is 6.42 Å². The van der Waals surface area contributed by atoms with Gasteiger partial charge in [-0.1, -0.05) is 0 Å². The number of nitrogens with one attached hydrogen (secondary N) is 1. The lowest BCUT2D eigenvalue weighted by atomic mass is 9.79. The molecule has 1 aliphatic heterocycles. The molecule has 122 valence electrons. The fourth-order valence-electron chi connectivity index (χ4n) is 2.46. The Kier molecular flexibility index (Phi) is 7.63. The molecule has 1 heterocycles. The molecular weight excluding hydrogens is 274 g/mol. The summed E-state index contributed by atoms with van der Waals surface area (Å²) in [6.45, 7) is 2.57. The van der Waals surface area contributed by atoms with Crippen LogP contribution in [0, 0.1) is 5.41 Å². The van der Waals surface area contributed by atoms with Gasteiger partial charge >= 0.3 is 0 Å². The largest absolute Gasteiger partial charge is 0.385 e. The quantitative estimate of drug-likeness (QED) is 0.581. The Bertz CT molecular complexity index is 343. The average molecular weight is 301 g/mol. The maximum atomic E-state index is 12.6. The van der Waals surface area contributed by atoms with Crippen molar-refractivity contribution in [3.8, 4) is 0 Å². The minimum atomic E-state index is -0.580. The first-order valence-corrected chi connectivity index (χ1v) is 7.35. The van der Waals surface area contributed by atoms with Crippen molar-refractivity contribution in [1.29, 1.82) is 0 Å². The van der Waals surface area contributed by atoms with Gasteiger partial charge in [0.25, 0.3) is 0 Å². The van der Waals surface area contributed by atoms with E-state index < -0.39 is 5.41 Å². The van der Waals surface area contributed by atoms with Crippen LogP contribution in [0.3, 0.4) is 0 Å². The molecule has 1 saturated heterocycles. The summed E-state index contributed by atoms with van der Waals surface area (Å²) < 4.78 is 10.2. The lowest BCUT2D eigenvalue weighted by molar-refractivity contribution is -0.148. The summed E-state index contributed by atoms with van der Waals surface area (Å²) in [4.78, 5) is 25.8. The molecule has 7 heteroatoms. The van der Waals surface area contributed by atoms with Crippen molar-refractivity contribution in [2.75, 3.05) is 53.6 Å². The van der Waals surface area contributed by atoms with E-state index in [0.29, 0.717) is 39.2 Å². The van der Waals surface area contributed by atoms with Crippen molar-refractivity contribution in [1.82, 2.24) is 10.2 Å². The lowest BCUT2D eigenvalue weighted by Gasteiger charge is -2.37. The molecule has 0 aromatic carbocycles. The summed E-state index contributed by atoms with van der Waals surface area (Å²) in [6, 6.07) is 0. The summed E-state index contributed by atoms with van der Waals surface area (Å²) in [6.07, 6.45) is 1.98. The van der Waals surface area contributed by atoms with Crippen molar-refractivity contribution in [2.45, 2.75) is 19.3 Å². The van der Waals surface area contributed by atoms with E-state index in [1.165, 1.54) is 4.90 Å². The third-order valence-corrected chi connectivity index (χ3v) is 3.87. The molecule has 21 heavy (non-hydrogen) atoms. The highest BCUT2D eigenvalue weighted by atomic mass is 16.5. The number of hydrogen-bond donors (Lipinski definition) is 2. The number of nitrogens with two attached hydrogens (primary N) is 1. The van der Waals surface area contributed by atoms with E-state index in [4.69, 9.17) is 15.2 Å². The van der Waals surface area contributed by atoms with Crippen LogP contribution in [0.15, 0.2) is 0 Å². The Morgan fingerprint density at radius 3 is 2.62 bits per heavy atom. The molecule has 3 N–H and O–H groups in total. The first-order valence-electron chi connectivity index (χ1n) is 7.35. The Hall–Kier alpha value is -1.18. The molecule has 0 aliphatic carbocycles. The second-order valence-corrected chi connectivity index (χ2v) is 5.45. The lowest BCUT2D eigenvalue weighted by Crippen LogP contribution is -2.51. The molecule has 0 saturated carbocycles. The Balaban J connectivity index is 2.43. The van der Waals surface area contributed by atoms with E-state index in [1.807, 2.05) is 0 Å².